The molecule has 1 fully saturated rings. The van der Waals surface area contributed by atoms with Gasteiger partial charge in [-0.25, -0.2) is 17.8 Å². The number of benzene rings is 2. The zero-order valence-corrected chi connectivity index (χ0v) is 20.4. The van der Waals surface area contributed by atoms with E-state index in [0.717, 1.165) is 10.7 Å². The second kappa shape index (κ2) is 9.03. The Hall–Kier alpha value is -1.72. The van der Waals surface area contributed by atoms with Crippen molar-refractivity contribution in [1.82, 2.24) is 9.29 Å². The standard InChI is InChI=1S/C20H18BrClFN3O3S2/c1-29-18-5-3-14(21)11-19(18)31(27,28)26-8-6-25(7-9-26)20-24-17(12-30-20)13-2-4-16(23)15(22)10-13/h2-5,10-12H,6-9H2,1H3. The molecule has 1 aliphatic heterocycles. The van der Waals surface area contributed by atoms with Crippen molar-refractivity contribution in [2.24, 2.45) is 0 Å². The number of anilines is 1. The molecule has 0 spiro atoms. The Morgan fingerprint density at radius 3 is 2.58 bits per heavy atom. The summed E-state index contributed by atoms with van der Waals surface area (Å²) in [5, 5.41) is 2.72. The van der Waals surface area contributed by atoms with Gasteiger partial charge in [-0.1, -0.05) is 27.5 Å². The minimum absolute atomic E-state index is 0.0499. The molecule has 0 bridgehead atoms. The van der Waals surface area contributed by atoms with Gasteiger partial charge in [0.25, 0.3) is 0 Å². The third-order valence-corrected chi connectivity index (χ3v) is 8.56. The van der Waals surface area contributed by atoms with Crippen LogP contribution in [0.4, 0.5) is 9.52 Å². The fourth-order valence-electron chi connectivity index (χ4n) is 3.31. The minimum atomic E-state index is -3.70. The number of aromatic nitrogens is 1. The topological polar surface area (TPSA) is 62.7 Å². The molecule has 0 atom stereocenters. The minimum Gasteiger partial charge on any atom is -0.495 e. The maximum Gasteiger partial charge on any atom is 0.246 e. The van der Waals surface area contributed by atoms with Crippen LogP contribution in [-0.4, -0.2) is 51.0 Å². The van der Waals surface area contributed by atoms with Gasteiger partial charge in [0, 0.05) is 41.6 Å². The smallest absolute Gasteiger partial charge is 0.246 e. The van der Waals surface area contributed by atoms with Crippen LogP contribution in [0.15, 0.2) is 51.1 Å². The number of nitrogens with zero attached hydrogens (tertiary/aromatic N) is 3. The van der Waals surface area contributed by atoms with Crippen molar-refractivity contribution in [1.29, 1.82) is 0 Å². The van der Waals surface area contributed by atoms with Crippen molar-refractivity contribution in [2.45, 2.75) is 4.90 Å². The normalized spacial score (nSPS) is 15.3. The number of rotatable bonds is 5. The number of methoxy groups -OCH3 is 1. The Morgan fingerprint density at radius 1 is 1.16 bits per heavy atom. The van der Waals surface area contributed by atoms with Crippen LogP contribution in [0.3, 0.4) is 0 Å². The fraction of sp³-hybridized carbons (Fsp3) is 0.250. The summed E-state index contributed by atoms with van der Waals surface area (Å²) in [4.78, 5) is 6.81. The third-order valence-electron chi connectivity index (χ3n) is 4.96. The number of halogens is 3. The van der Waals surface area contributed by atoms with Gasteiger partial charge in [-0.3, -0.25) is 0 Å². The first-order chi connectivity index (χ1) is 14.8. The fourth-order valence-corrected chi connectivity index (χ4v) is 6.49. The summed E-state index contributed by atoms with van der Waals surface area (Å²) in [6.45, 7) is 1.67. The van der Waals surface area contributed by atoms with Crippen LogP contribution in [0.2, 0.25) is 5.02 Å². The highest BCUT2D eigenvalue weighted by atomic mass is 79.9. The van der Waals surface area contributed by atoms with Crippen LogP contribution in [0.1, 0.15) is 0 Å². The maximum atomic E-state index is 13.4. The van der Waals surface area contributed by atoms with Gasteiger partial charge in [-0.05, 0) is 36.4 Å². The first-order valence-corrected chi connectivity index (χ1v) is 12.8. The molecule has 0 aliphatic carbocycles. The molecule has 3 aromatic rings. The largest absolute Gasteiger partial charge is 0.495 e. The molecular weight excluding hydrogens is 529 g/mol. The molecular formula is C20H18BrClFN3O3S2. The average Bonchev–Trinajstić information content (AvgIpc) is 3.26. The molecule has 1 aromatic heterocycles. The van der Waals surface area contributed by atoms with E-state index in [9.17, 15) is 12.8 Å². The molecule has 0 unspecified atom stereocenters. The Morgan fingerprint density at radius 2 is 1.90 bits per heavy atom. The summed E-state index contributed by atoms with van der Waals surface area (Å²) in [6, 6.07) is 9.43. The summed E-state index contributed by atoms with van der Waals surface area (Å²) >= 11 is 10.7. The Kier molecular flexibility index (Phi) is 6.55. The van der Waals surface area contributed by atoms with Gasteiger partial charge < -0.3 is 9.64 Å². The highest BCUT2D eigenvalue weighted by Crippen LogP contribution is 2.33. The van der Waals surface area contributed by atoms with E-state index in [2.05, 4.69) is 20.9 Å². The van der Waals surface area contributed by atoms with E-state index < -0.39 is 15.8 Å². The van der Waals surface area contributed by atoms with Gasteiger partial charge in [0.2, 0.25) is 10.0 Å². The van der Waals surface area contributed by atoms with E-state index in [4.69, 9.17) is 16.3 Å². The molecule has 31 heavy (non-hydrogen) atoms. The molecule has 1 saturated heterocycles. The van der Waals surface area contributed by atoms with Crippen LogP contribution >= 0.6 is 38.9 Å². The lowest BCUT2D eigenvalue weighted by Crippen LogP contribution is -2.48. The molecule has 0 radical (unpaired) electrons. The highest BCUT2D eigenvalue weighted by molar-refractivity contribution is 9.10. The van der Waals surface area contributed by atoms with Crippen LogP contribution in [-0.2, 0) is 10.0 Å². The van der Waals surface area contributed by atoms with E-state index in [1.807, 2.05) is 10.3 Å². The second-order valence-electron chi connectivity index (χ2n) is 6.83. The molecule has 0 N–H and O–H groups in total. The first kappa shape index (κ1) is 22.5. The number of hydrogen-bond acceptors (Lipinski definition) is 6. The highest BCUT2D eigenvalue weighted by Gasteiger charge is 2.31. The van der Waals surface area contributed by atoms with Gasteiger partial charge in [-0.15, -0.1) is 11.3 Å². The number of hydrogen-bond donors (Lipinski definition) is 0. The van der Waals surface area contributed by atoms with Gasteiger partial charge in [0.1, 0.15) is 16.5 Å². The maximum absolute atomic E-state index is 13.4. The molecule has 0 saturated carbocycles. The monoisotopic (exact) mass is 545 g/mol. The SMILES string of the molecule is COc1ccc(Br)cc1S(=O)(=O)N1CCN(c2nc(-c3ccc(F)c(Cl)c3)cs2)CC1. The van der Waals surface area contributed by atoms with Crippen molar-refractivity contribution >= 4 is 54.0 Å². The van der Waals surface area contributed by atoms with E-state index in [1.165, 1.54) is 28.8 Å². The number of thiazole rings is 1. The summed E-state index contributed by atoms with van der Waals surface area (Å²) in [6.07, 6.45) is 0. The predicted molar refractivity (Wildman–Crippen MR) is 124 cm³/mol. The molecule has 6 nitrogen and oxygen atoms in total. The summed E-state index contributed by atoms with van der Waals surface area (Å²) < 4.78 is 47.1. The molecule has 4 rings (SSSR count). The van der Waals surface area contributed by atoms with E-state index in [0.29, 0.717) is 42.1 Å². The van der Waals surface area contributed by atoms with Crippen LogP contribution in [0.25, 0.3) is 11.3 Å². The van der Waals surface area contributed by atoms with Crippen LogP contribution < -0.4 is 9.64 Å². The van der Waals surface area contributed by atoms with Gasteiger partial charge in [-0.2, -0.15) is 4.31 Å². The number of ether oxygens (including phenoxy) is 1. The molecule has 1 aliphatic rings. The number of piperazine rings is 1. The average molecular weight is 547 g/mol. The molecule has 164 valence electrons. The zero-order chi connectivity index (χ0) is 22.2. The number of sulfonamides is 1. The van der Waals surface area contributed by atoms with Crippen molar-refractivity contribution in [3.63, 3.8) is 0 Å². The Balaban J connectivity index is 1.49. The predicted octanol–water partition coefficient (Wildman–Crippen LogP) is 4.88. The molecule has 2 aromatic carbocycles. The lowest BCUT2D eigenvalue weighted by molar-refractivity contribution is 0.374. The molecule has 2 heterocycles. The van der Waals surface area contributed by atoms with Crippen molar-refractivity contribution in [2.75, 3.05) is 38.2 Å². The van der Waals surface area contributed by atoms with E-state index in [1.54, 1.807) is 30.3 Å². The van der Waals surface area contributed by atoms with E-state index in [-0.39, 0.29) is 9.92 Å². The van der Waals surface area contributed by atoms with Crippen LogP contribution in [0.5, 0.6) is 5.75 Å². The van der Waals surface area contributed by atoms with Crippen molar-refractivity contribution in [3.8, 4) is 17.0 Å². The first-order valence-electron chi connectivity index (χ1n) is 9.29. The molecule has 0 amide bonds. The van der Waals surface area contributed by atoms with Gasteiger partial charge >= 0.3 is 0 Å². The Labute approximate surface area is 197 Å². The molecule has 11 heteroatoms. The van der Waals surface area contributed by atoms with Crippen molar-refractivity contribution < 1.29 is 17.5 Å². The lowest BCUT2D eigenvalue weighted by atomic mass is 10.2. The Bertz CT molecular complexity index is 1210. The summed E-state index contributed by atoms with van der Waals surface area (Å²) in [5.74, 6) is -0.159. The second-order valence-corrected chi connectivity index (χ2v) is 10.9. The zero-order valence-electron chi connectivity index (χ0n) is 16.4. The van der Waals surface area contributed by atoms with Gasteiger partial charge in [0.05, 0.1) is 17.8 Å². The quantitative estimate of drug-likeness (QED) is 0.456. The summed E-state index contributed by atoms with van der Waals surface area (Å²) in [7, 11) is -2.24. The van der Waals surface area contributed by atoms with Crippen molar-refractivity contribution in [3.05, 3.63) is 57.1 Å². The van der Waals surface area contributed by atoms with Crippen LogP contribution in [0, 0.1) is 5.82 Å². The lowest BCUT2D eigenvalue weighted by Gasteiger charge is -2.34. The van der Waals surface area contributed by atoms with E-state index >= 15 is 0 Å². The van der Waals surface area contributed by atoms with Gasteiger partial charge in [0.15, 0.2) is 5.13 Å². The third kappa shape index (κ3) is 4.58. The summed E-state index contributed by atoms with van der Waals surface area (Å²) in [5.41, 5.74) is 1.44.